The molecule has 0 saturated carbocycles. The lowest BCUT2D eigenvalue weighted by Crippen LogP contribution is -2.50. The second kappa shape index (κ2) is 11.0. The van der Waals surface area contributed by atoms with Gasteiger partial charge in [0.1, 0.15) is 11.9 Å². The van der Waals surface area contributed by atoms with Crippen molar-refractivity contribution in [3.8, 4) is 0 Å². The molecule has 1 unspecified atom stereocenters. The molecule has 0 bridgehead atoms. The molecule has 5 heteroatoms. The van der Waals surface area contributed by atoms with Crippen molar-refractivity contribution in [3.63, 3.8) is 0 Å². The minimum atomic E-state index is -0.661. The Morgan fingerprint density at radius 2 is 1.79 bits per heavy atom. The third kappa shape index (κ3) is 6.34. The summed E-state index contributed by atoms with van der Waals surface area (Å²) in [5, 5.41) is 2.81. The van der Waals surface area contributed by atoms with Crippen molar-refractivity contribution in [1.29, 1.82) is 0 Å². The van der Waals surface area contributed by atoms with Gasteiger partial charge in [-0.3, -0.25) is 9.59 Å². The highest BCUT2D eigenvalue weighted by molar-refractivity contribution is 5.88. The second-order valence-electron chi connectivity index (χ2n) is 6.64. The van der Waals surface area contributed by atoms with Crippen molar-refractivity contribution >= 4 is 11.8 Å². The van der Waals surface area contributed by atoms with Crippen LogP contribution < -0.4 is 5.32 Å². The summed E-state index contributed by atoms with van der Waals surface area (Å²) in [4.78, 5) is 27.4. The van der Waals surface area contributed by atoms with Crippen molar-refractivity contribution in [3.05, 3.63) is 84.2 Å². The molecule has 148 valence electrons. The van der Waals surface area contributed by atoms with Crippen LogP contribution in [0.3, 0.4) is 0 Å². The van der Waals surface area contributed by atoms with Crippen LogP contribution in [0.2, 0.25) is 0 Å². The van der Waals surface area contributed by atoms with Crippen LogP contribution in [-0.2, 0) is 22.6 Å². The molecule has 0 aliphatic carbocycles. The number of carbonyl (C=O) groups is 2. The molecule has 28 heavy (non-hydrogen) atoms. The number of hydrogen-bond acceptors (Lipinski definition) is 2. The second-order valence-corrected chi connectivity index (χ2v) is 6.64. The van der Waals surface area contributed by atoms with Crippen LogP contribution in [0.1, 0.15) is 30.9 Å². The first-order valence-corrected chi connectivity index (χ1v) is 9.51. The molecule has 0 aliphatic rings. The van der Waals surface area contributed by atoms with Gasteiger partial charge in [-0.2, -0.15) is 0 Å². The minimum Gasteiger partial charge on any atom is -0.351 e. The molecule has 2 amide bonds. The first-order chi connectivity index (χ1) is 13.5. The van der Waals surface area contributed by atoms with Crippen molar-refractivity contribution in [2.45, 2.75) is 38.8 Å². The van der Waals surface area contributed by atoms with E-state index in [-0.39, 0.29) is 24.2 Å². The molecule has 0 radical (unpaired) electrons. The molecule has 4 nitrogen and oxygen atoms in total. The fourth-order valence-electron chi connectivity index (χ4n) is 2.99. The van der Waals surface area contributed by atoms with Gasteiger partial charge in [-0.1, -0.05) is 55.5 Å². The van der Waals surface area contributed by atoms with Crippen LogP contribution in [0.5, 0.6) is 0 Å². The molecule has 1 atom stereocenters. The summed E-state index contributed by atoms with van der Waals surface area (Å²) >= 11 is 0. The predicted molar refractivity (Wildman–Crippen MR) is 109 cm³/mol. The fraction of sp³-hybridized carbons (Fsp3) is 0.304. The maximum absolute atomic E-state index is 13.3. The quantitative estimate of drug-likeness (QED) is 0.634. The molecule has 1 N–H and O–H groups in total. The van der Waals surface area contributed by atoms with E-state index in [1.807, 2.05) is 37.3 Å². The molecule has 2 aromatic carbocycles. The molecule has 0 aromatic heterocycles. The molecular weight excluding hydrogens is 355 g/mol. The Morgan fingerprint density at radius 3 is 2.39 bits per heavy atom. The lowest BCUT2D eigenvalue weighted by atomic mass is 10.0. The number of hydrogen-bond donors (Lipinski definition) is 1. The van der Waals surface area contributed by atoms with Gasteiger partial charge < -0.3 is 10.2 Å². The van der Waals surface area contributed by atoms with E-state index in [0.29, 0.717) is 25.8 Å². The number of nitrogens with zero attached hydrogens (tertiary/aromatic N) is 1. The predicted octanol–water partition coefficient (Wildman–Crippen LogP) is 3.87. The monoisotopic (exact) mass is 382 g/mol. The van der Waals surface area contributed by atoms with Crippen LogP contribution >= 0.6 is 0 Å². The zero-order valence-corrected chi connectivity index (χ0v) is 16.2. The maximum atomic E-state index is 13.3. The first-order valence-electron chi connectivity index (χ1n) is 9.51. The number of rotatable bonds is 10. The van der Waals surface area contributed by atoms with Crippen molar-refractivity contribution in [2.75, 3.05) is 6.54 Å². The van der Waals surface area contributed by atoms with E-state index in [1.54, 1.807) is 23.1 Å². The highest BCUT2D eigenvalue weighted by atomic mass is 19.1. The fourth-order valence-corrected chi connectivity index (χ4v) is 2.99. The van der Waals surface area contributed by atoms with E-state index < -0.39 is 6.04 Å². The SMILES string of the molecule is C=CCNC(=O)C(Cc1ccccc1)N(Cc1ccc(F)cc1)C(=O)CCC. The van der Waals surface area contributed by atoms with Crippen molar-refractivity contribution in [1.82, 2.24) is 10.2 Å². The van der Waals surface area contributed by atoms with Gasteiger partial charge in [0.25, 0.3) is 0 Å². The van der Waals surface area contributed by atoms with Crippen LogP contribution in [0.4, 0.5) is 4.39 Å². The van der Waals surface area contributed by atoms with Crippen LogP contribution in [0, 0.1) is 5.82 Å². The molecule has 0 fully saturated rings. The van der Waals surface area contributed by atoms with Gasteiger partial charge in [-0.15, -0.1) is 6.58 Å². The Hall–Kier alpha value is -2.95. The average molecular weight is 382 g/mol. The summed E-state index contributed by atoms with van der Waals surface area (Å²) in [6, 6.07) is 15.0. The van der Waals surface area contributed by atoms with Gasteiger partial charge in [-0.25, -0.2) is 4.39 Å². The zero-order chi connectivity index (χ0) is 20.4. The number of amides is 2. The summed E-state index contributed by atoms with van der Waals surface area (Å²) < 4.78 is 13.3. The van der Waals surface area contributed by atoms with Gasteiger partial charge in [0.05, 0.1) is 0 Å². The van der Waals surface area contributed by atoms with E-state index in [0.717, 1.165) is 11.1 Å². The molecule has 2 aromatic rings. The topological polar surface area (TPSA) is 49.4 Å². The van der Waals surface area contributed by atoms with E-state index in [2.05, 4.69) is 11.9 Å². The number of carbonyl (C=O) groups excluding carboxylic acids is 2. The van der Waals surface area contributed by atoms with Crippen LogP contribution in [0.15, 0.2) is 67.3 Å². The van der Waals surface area contributed by atoms with Crippen LogP contribution in [0.25, 0.3) is 0 Å². The zero-order valence-electron chi connectivity index (χ0n) is 16.2. The van der Waals surface area contributed by atoms with Crippen molar-refractivity contribution < 1.29 is 14.0 Å². The van der Waals surface area contributed by atoms with E-state index >= 15 is 0 Å². The number of halogens is 1. The summed E-state index contributed by atoms with van der Waals surface area (Å²) in [5.74, 6) is -0.656. The van der Waals surface area contributed by atoms with E-state index in [4.69, 9.17) is 0 Å². The standard InChI is InChI=1S/C23H27FN2O2/c1-3-8-22(27)26(17-19-11-13-20(24)14-12-19)21(23(28)25-15-4-2)16-18-9-6-5-7-10-18/h4-7,9-14,21H,2-3,8,15-17H2,1H3,(H,25,28). The van der Waals surface area contributed by atoms with Gasteiger partial charge in [0.15, 0.2) is 0 Å². The van der Waals surface area contributed by atoms with Gasteiger partial charge >= 0.3 is 0 Å². The molecular formula is C23H27FN2O2. The van der Waals surface area contributed by atoms with Gasteiger partial charge in [0, 0.05) is 25.9 Å². The summed E-state index contributed by atoms with van der Waals surface area (Å²) in [6.45, 7) is 6.14. The number of benzene rings is 2. The number of nitrogens with one attached hydrogen (secondary N) is 1. The van der Waals surface area contributed by atoms with E-state index in [9.17, 15) is 14.0 Å². The largest absolute Gasteiger partial charge is 0.351 e. The minimum absolute atomic E-state index is 0.0958. The molecule has 0 aliphatic heterocycles. The Kier molecular flexibility index (Phi) is 8.40. The highest BCUT2D eigenvalue weighted by Crippen LogP contribution is 2.16. The van der Waals surface area contributed by atoms with Gasteiger partial charge in [-0.05, 0) is 29.7 Å². The third-order valence-electron chi connectivity index (χ3n) is 4.42. The average Bonchev–Trinajstić information content (AvgIpc) is 2.71. The van der Waals surface area contributed by atoms with Gasteiger partial charge in [0.2, 0.25) is 11.8 Å². The Balaban J connectivity index is 2.33. The molecule has 0 saturated heterocycles. The lowest BCUT2D eigenvalue weighted by molar-refractivity contribution is -0.141. The molecule has 2 rings (SSSR count). The Morgan fingerprint density at radius 1 is 1.11 bits per heavy atom. The third-order valence-corrected chi connectivity index (χ3v) is 4.42. The smallest absolute Gasteiger partial charge is 0.243 e. The van der Waals surface area contributed by atoms with E-state index in [1.165, 1.54) is 12.1 Å². The normalized spacial score (nSPS) is 11.5. The molecule has 0 heterocycles. The van der Waals surface area contributed by atoms with Crippen LogP contribution in [-0.4, -0.2) is 29.3 Å². The summed E-state index contributed by atoms with van der Waals surface area (Å²) in [6.07, 6.45) is 3.04. The Bertz CT molecular complexity index is 775. The lowest BCUT2D eigenvalue weighted by Gasteiger charge is -2.31. The summed E-state index contributed by atoms with van der Waals surface area (Å²) in [7, 11) is 0. The highest BCUT2D eigenvalue weighted by Gasteiger charge is 2.29. The Labute approximate surface area is 166 Å². The first kappa shape index (κ1) is 21.4. The maximum Gasteiger partial charge on any atom is 0.243 e. The summed E-state index contributed by atoms with van der Waals surface area (Å²) in [5.41, 5.74) is 1.75. The molecule has 0 spiro atoms. The van der Waals surface area contributed by atoms with Crippen molar-refractivity contribution in [2.24, 2.45) is 0 Å².